The number of anilines is 2. The van der Waals surface area contributed by atoms with E-state index in [-0.39, 0.29) is 5.97 Å². The normalized spacial score (nSPS) is 11.4. The van der Waals surface area contributed by atoms with Gasteiger partial charge in [0.15, 0.2) is 0 Å². The van der Waals surface area contributed by atoms with Crippen molar-refractivity contribution < 1.29 is 19.1 Å². The second-order valence-electron chi connectivity index (χ2n) is 6.65. The molecule has 8 nitrogen and oxygen atoms in total. The van der Waals surface area contributed by atoms with E-state index < -0.39 is 11.7 Å². The van der Waals surface area contributed by atoms with Gasteiger partial charge in [-0.05, 0) is 45.4 Å². The summed E-state index contributed by atoms with van der Waals surface area (Å²) in [6, 6.07) is 5.32. The minimum atomic E-state index is -0.567. The van der Waals surface area contributed by atoms with E-state index >= 15 is 0 Å². The highest BCUT2D eigenvalue weighted by Crippen LogP contribution is 2.22. The molecule has 1 amide bonds. The smallest absolute Gasteiger partial charge is 0.412 e. The molecule has 0 bridgehead atoms. The van der Waals surface area contributed by atoms with E-state index in [4.69, 9.17) is 15.2 Å². The number of imidazole rings is 1. The van der Waals surface area contributed by atoms with Gasteiger partial charge in [0.2, 0.25) is 5.95 Å². The molecular formula is C17H24N4O4. The number of hydrogen-bond acceptors (Lipinski definition) is 6. The molecule has 3 N–H and O–H groups in total. The number of aromatic nitrogens is 2. The van der Waals surface area contributed by atoms with Crippen molar-refractivity contribution >= 4 is 34.7 Å². The van der Waals surface area contributed by atoms with Crippen LogP contribution in [-0.4, -0.2) is 33.8 Å². The zero-order valence-corrected chi connectivity index (χ0v) is 15.0. The van der Waals surface area contributed by atoms with Gasteiger partial charge < -0.3 is 19.8 Å². The first kappa shape index (κ1) is 18.6. The molecule has 0 fully saturated rings. The van der Waals surface area contributed by atoms with Crippen LogP contribution in [0.1, 0.15) is 34.1 Å². The van der Waals surface area contributed by atoms with Crippen molar-refractivity contribution in [2.24, 2.45) is 0 Å². The van der Waals surface area contributed by atoms with Gasteiger partial charge in [-0.15, -0.1) is 0 Å². The van der Waals surface area contributed by atoms with E-state index in [2.05, 4.69) is 10.3 Å². The van der Waals surface area contributed by atoms with Crippen LogP contribution in [-0.2, 0) is 20.8 Å². The average Bonchev–Trinajstić information content (AvgIpc) is 2.76. The number of nitrogens with zero attached hydrogens (tertiary/aromatic N) is 2. The van der Waals surface area contributed by atoms with Gasteiger partial charge in [0.25, 0.3) is 0 Å². The highest BCUT2D eigenvalue weighted by molar-refractivity contribution is 5.89. The van der Waals surface area contributed by atoms with Gasteiger partial charge >= 0.3 is 12.1 Å². The number of rotatable bonds is 5. The molecule has 1 heterocycles. The van der Waals surface area contributed by atoms with E-state index in [9.17, 15) is 9.59 Å². The Labute approximate surface area is 146 Å². The number of esters is 1. The average molecular weight is 348 g/mol. The number of nitrogen functional groups attached to an aromatic ring is 1. The molecule has 0 radical (unpaired) electrons. The zero-order valence-electron chi connectivity index (χ0n) is 15.0. The van der Waals surface area contributed by atoms with Gasteiger partial charge in [-0.2, -0.15) is 0 Å². The third-order valence-corrected chi connectivity index (χ3v) is 3.25. The standard InChI is InChI=1S/C17H24N4O4/c1-11(22)24-9-5-8-21-14-7-6-12(10-13(14)20-15(21)18)19-16(23)25-17(2,3)4/h6-7,10H,5,8-9H2,1-4H3,(H2,18,20)(H,19,23). The number of nitrogens with one attached hydrogen (secondary N) is 1. The minimum Gasteiger partial charge on any atom is -0.466 e. The molecule has 0 aliphatic carbocycles. The largest absolute Gasteiger partial charge is 0.466 e. The second-order valence-corrected chi connectivity index (χ2v) is 6.65. The fourth-order valence-electron chi connectivity index (χ4n) is 2.32. The number of carbonyl (C=O) groups excluding carboxylic acids is 2. The number of ether oxygens (including phenoxy) is 2. The van der Waals surface area contributed by atoms with E-state index in [1.807, 2.05) is 10.6 Å². The number of nitrogens with two attached hydrogens (primary N) is 1. The van der Waals surface area contributed by atoms with Crippen LogP contribution in [0.5, 0.6) is 0 Å². The summed E-state index contributed by atoms with van der Waals surface area (Å²) in [5.41, 5.74) is 7.48. The Morgan fingerprint density at radius 2 is 2.04 bits per heavy atom. The fourth-order valence-corrected chi connectivity index (χ4v) is 2.32. The molecule has 0 saturated heterocycles. The van der Waals surface area contributed by atoms with Crippen LogP contribution in [0.2, 0.25) is 0 Å². The van der Waals surface area contributed by atoms with Gasteiger partial charge in [0.1, 0.15) is 5.60 Å². The Morgan fingerprint density at radius 3 is 2.68 bits per heavy atom. The summed E-state index contributed by atoms with van der Waals surface area (Å²) in [5, 5.41) is 2.68. The summed E-state index contributed by atoms with van der Waals surface area (Å²) in [7, 11) is 0. The Balaban J connectivity index is 2.08. The Morgan fingerprint density at radius 1 is 1.32 bits per heavy atom. The molecule has 0 aliphatic heterocycles. The highest BCUT2D eigenvalue weighted by Gasteiger charge is 2.17. The van der Waals surface area contributed by atoms with Crippen LogP contribution >= 0.6 is 0 Å². The number of hydrogen-bond donors (Lipinski definition) is 2. The number of amides is 1. The highest BCUT2D eigenvalue weighted by atomic mass is 16.6. The second kappa shape index (κ2) is 7.42. The summed E-state index contributed by atoms with van der Waals surface area (Å²) in [5.74, 6) is 0.0635. The molecule has 8 heteroatoms. The van der Waals surface area contributed by atoms with E-state index in [1.165, 1.54) is 6.92 Å². The Bertz CT molecular complexity index is 777. The number of aryl methyl sites for hydroxylation is 1. The molecule has 0 spiro atoms. The van der Waals surface area contributed by atoms with Crippen LogP contribution in [0.3, 0.4) is 0 Å². The van der Waals surface area contributed by atoms with Crippen LogP contribution in [0.15, 0.2) is 18.2 Å². The SMILES string of the molecule is CC(=O)OCCCn1c(N)nc2cc(NC(=O)OC(C)(C)C)ccc21. The fraction of sp³-hybridized carbons (Fsp3) is 0.471. The lowest BCUT2D eigenvalue weighted by Crippen LogP contribution is -2.27. The Hall–Kier alpha value is -2.77. The monoisotopic (exact) mass is 348 g/mol. The first-order valence-electron chi connectivity index (χ1n) is 8.05. The molecule has 2 aromatic rings. The molecule has 0 aliphatic rings. The summed E-state index contributed by atoms with van der Waals surface area (Å²) in [6.45, 7) is 7.68. The zero-order chi connectivity index (χ0) is 18.6. The van der Waals surface area contributed by atoms with Crippen molar-refractivity contribution in [1.82, 2.24) is 9.55 Å². The van der Waals surface area contributed by atoms with Crippen molar-refractivity contribution in [1.29, 1.82) is 0 Å². The van der Waals surface area contributed by atoms with Crippen molar-refractivity contribution in [3.8, 4) is 0 Å². The maximum atomic E-state index is 11.8. The molecule has 1 aromatic carbocycles. The predicted octanol–water partition coefficient (Wildman–Crippen LogP) is 2.92. The maximum Gasteiger partial charge on any atom is 0.412 e. The molecule has 0 saturated carbocycles. The minimum absolute atomic E-state index is 0.304. The maximum absolute atomic E-state index is 11.8. The van der Waals surface area contributed by atoms with Crippen molar-refractivity contribution in [3.63, 3.8) is 0 Å². The van der Waals surface area contributed by atoms with E-state index in [0.29, 0.717) is 36.7 Å². The quantitative estimate of drug-likeness (QED) is 0.635. The number of carbonyl (C=O) groups is 2. The molecule has 0 unspecified atom stereocenters. The van der Waals surface area contributed by atoms with Crippen molar-refractivity contribution in [2.75, 3.05) is 17.7 Å². The van der Waals surface area contributed by atoms with Gasteiger partial charge in [-0.3, -0.25) is 10.1 Å². The summed E-state index contributed by atoms with van der Waals surface area (Å²) >= 11 is 0. The lowest BCUT2D eigenvalue weighted by Gasteiger charge is -2.19. The van der Waals surface area contributed by atoms with Gasteiger partial charge in [0, 0.05) is 19.2 Å². The van der Waals surface area contributed by atoms with Crippen LogP contribution in [0, 0.1) is 0 Å². The van der Waals surface area contributed by atoms with E-state index in [0.717, 1.165) is 5.52 Å². The van der Waals surface area contributed by atoms with Crippen molar-refractivity contribution in [3.05, 3.63) is 18.2 Å². The van der Waals surface area contributed by atoms with Gasteiger partial charge in [0.05, 0.1) is 17.6 Å². The molecule has 0 atom stereocenters. The predicted molar refractivity (Wildman–Crippen MR) is 95.3 cm³/mol. The van der Waals surface area contributed by atoms with Gasteiger partial charge in [-0.25, -0.2) is 9.78 Å². The van der Waals surface area contributed by atoms with Crippen molar-refractivity contribution in [2.45, 2.75) is 46.3 Å². The number of benzene rings is 1. The molecule has 136 valence electrons. The first-order valence-corrected chi connectivity index (χ1v) is 8.05. The molecule has 1 aromatic heterocycles. The summed E-state index contributed by atoms with van der Waals surface area (Å²) < 4.78 is 12.0. The third kappa shape index (κ3) is 5.37. The topological polar surface area (TPSA) is 108 Å². The molecule has 2 rings (SSSR count). The first-order chi connectivity index (χ1) is 11.7. The molecule has 25 heavy (non-hydrogen) atoms. The third-order valence-electron chi connectivity index (χ3n) is 3.25. The summed E-state index contributed by atoms with van der Waals surface area (Å²) in [6.07, 6.45) is 0.105. The lowest BCUT2D eigenvalue weighted by molar-refractivity contribution is -0.141. The Kier molecular flexibility index (Phi) is 5.51. The molecular weight excluding hydrogens is 324 g/mol. The summed E-state index contributed by atoms with van der Waals surface area (Å²) in [4.78, 5) is 26.9. The van der Waals surface area contributed by atoms with Crippen LogP contribution < -0.4 is 11.1 Å². The lowest BCUT2D eigenvalue weighted by atomic mass is 10.2. The number of fused-ring (bicyclic) bond motifs is 1. The van der Waals surface area contributed by atoms with E-state index in [1.54, 1.807) is 32.9 Å². The van der Waals surface area contributed by atoms with Gasteiger partial charge in [-0.1, -0.05) is 0 Å². The van der Waals surface area contributed by atoms with Crippen LogP contribution in [0.25, 0.3) is 11.0 Å². The van der Waals surface area contributed by atoms with Crippen LogP contribution in [0.4, 0.5) is 16.4 Å².